The van der Waals surface area contributed by atoms with E-state index in [0.29, 0.717) is 12.0 Å². The molecule has 5 heteroatoms. The summed E-state index contributed by atoms with van der Waals surface area (Å²) in [6.45, 7) is 0. The van der Waals surface area contributed by atoms with Gasteiger partial charge < -0.3 is 5.73 Å². The molecule has 1 aromatic carbocycles. The molecule has 0 fully saturated rings. The number of nitrogens with two attached hydrogens (primary N) is 1. The van der Waals surface area contributed by atoms with Gasteiger partial charge in [-0.05, 0) is 5.56 Å². The van der Waals surface area contributed by atoms with Crippen molar-refractivity contribution in [3.05, 3.63) is 62.3 Å². The highest BCUT2D eigenvalue weighted by Crippen LogP contribution is 2.08. The molecule has 0 aliphatic carbocycles. The molecule has 0 unspecified atom stereocenters. The van der Waals surface area contributed by atoms with Gasteiger partial charge in [-0.25, -0.2) is 4.79 Å². The van der Waals surface area contributed by atoms with E-state index in [1.165, 1.54) is 7.05 Å². The Balaban J connectivity index is 2.51. The molecular formula is C12H13N3O2. The second-order valence-corrected chi connectivity index (χ2v) is 3.85. The van der Waals surface area contributed by atoms with Crippen molar-refractivity contribution >= 4 is 5.82 Å². The maximum absolute atomic E-state index is 11.9. The van der Waals surface area contributed by atoms with Gasteiger partial charge in [0.1, 0.15) is 5.82 Å². The number of benzene rings is 1. The molecule has 0 atom stereocenters. The van der Waals surface area contributed by atoms with E-state index in [4.69, 9.17) is 5.73 Å². The smallest absolute Gasteiger partial charge is 0.329 e. The summed E-state index contributed by atoms with van der Waals surface area (Å²) in [5.41, 5.74) is 6.21. The van der Waals surface area contributed by atoms with Gasteiger partial charge in [0.15, 0.2) is 0 Å². The van der Waals surface area contributed by atoms with Crippen LogP contribution in [0, 0.1) is 0 Å². The molecule has 0 bridgehead atoms. The van der Waals surface area contributed by atoms with E-state index in [1.807, 2.05) is 30.3 Å². The third-order valence-electron chi connectivity index (χ3n) is 2.66. The highest BCUT2D eigenvalue weighted by Gasteiger charge is 2.09. The topological polar surface area (TPSA) is 80.9 Å². The van der Waals surface area contributed by atoms with Gasteiger partial charge in [-0.2, -0.15) is 0 Å². The van der Waals surface area contributed by atoms with Gasteiger partial charge in [0, 0.05) is 13.5 Å². The second-order valence-electron chi connectivity index (χ2n) is 3.85. The van der Waals surface area contributed by atoms with Crippen molar-refractivity contribution in [2.24, 2.45) is 7.05 Å². The molecule has 5 nitrogen and oxygen atoms in total. The molecule has 0 amide bonds. The summed E-state index contributed by atoms with van der Waals surface area (Å²) >= 11 is 0. The second kappa shape index (κ2) is 4.29. The first-order valence-corrected chi connectivity index (χ1v) is 5.21. The average molecular weight is 231 g/mol. The quantitative estimate of drug-likeness (QED) is 0.777. The van der Waals surface area contributed by atoms with Gasteiger partial charge in [0.05, 0.1) is 5.56 Å². The van der Waals surface area contributed by atoms with Crippen LogP contribution in [0.15, 0.2) is 39.9 Å². The lowest BCUT2D eigenvalue weighted by molar-refractivity contribution is 0.762. The van der Waals surface area contributed by atoms with Gasteiger partial charge in [-0.1, -0.05) is 30.3 Å². The number of rotatable bonds is 2. The van der Waals surface area contributed by atoms with E-state index in [0.717, 1.165) is 10.1 Å². The van der Waals surface area contributed by atoms with E-state index < -0.39 is 5.69 Å². The summed E-state index contributed by atoms with van der Waals surface area (Å²) in [4.78, 5) is 25.6. The molecule has 2 rings (SSSR count). The highest BCUT2D eigenvalue weighted by molar-refractivity contribution is 5.40. The molecule has 0 aliphatic rings. The lowest BCUT2D eigenvalue weighted by Crippen LogP contribution is -2.36. The molecule has 2 aromatic rings. The predicted molar refractivity (Wildman–Crippen MR) is 66.0 cm³/mol. The summed E-state index contributed by atoms with van der Waals surface area (Å²) in [7, 11) is 1.43. The molecule has 0 saturated carbocycles. The molecule has 17 heavy (non-hydrogen) atoms. The molecule has 1 heterocycles. The van der Waals surface area contributed by atoms with Crippen LogP contribution in [-0.2, 0) is 13.5 Å². The van der Waals surface area contributed by atoms with Gasteiger partial charge >= 0.3 is 5.69 Å². The van der Waals surface area contributed by atoms with Crippen molar-refractivity contribution in [3.63, 3.8) is 0 Å². The fourth-order valence-corrected chi connectivity index (χ4v) is 1.66. The average Bonchev–Trinajstić information content (AvgIpc) is 2.33. The monoisotopic (exact) mass is 231 g/mol. The summed E-state index contributed by atoms with van der Waals surface area (Å²) in [5.74, 6) is 0.141. The van der Waals surface area contributed by atoms with Crippen LogP contribution in [0.3, 0.4) is 0 Å². The third-order valence-corrected chi connectivity index (χ3v) is 2.66. The number of hydrogen-bond acceptors (Lipinski definition) is 3. The fourth-order valence-electron chi connectivity index (χ4n) is 1.66. The number of hydrogen-bond donors (Lipinski definition) is 2. The molecule has 3 N–H and O–H groups in total. The molecule has 0 saturated heterocycles. The van der Waals surface area contributed by atoms with Crippen molar-refractivity contribution in [2.75, 3.05) is 5.73 Å². The van der Waals surface area contributed by atoms with E-state index >= 15 is 0 Å². The summed E-state index contributed by atoms with van der Waals surface area (Å²) in [6, 6.07) is 9.50. The minimum atomic E-state index is -0.496. The summed E-state index contributed by atoms with van der Waals surface area (Å²) < 4.78 is 1.02. The molecule has 0 spiro atoms. The number of anilines is 1. The molecule has 0 aliphatic heterocycles. The van der Waals surface area contributed by atoms with Crippen LogP contribution in [0.4, 0.5) is 5.82 Å². The summed E-state index contributed by atoms with van der Waals surface area (Å²) in [5, 5.41) is 0. The number of H-pyrrole nitrogens is 1. The zero-order valence-corrected chi connectivity index (χ0v) is 9.43. The van der Waals surface area contributed by atoms with Crippen LogP contribution in [0.25, 0.3) is 0 Å². The third kappa shape index (κ3) is 2.13. The van der Waals surface area contributed by atoms with Crippen molar-refractivity contribution in [1.29, 1.82) is 0 Å². The first-order chi connectivity index (χ1) is 8.09. The Morgan fingerprint density at radius 2 is 1.88 bits per heavy atom. The lowest BCUT2D eigenvalue weighted by atomic mass is 10.1. The van der Waals surface area contributed by atoms with Gasteiger partial charge in [0.2, 0.25) is 0 Å². The van der Waals surface area contributed by atoms with Crippen molar-refractivity contribution in [3.8, 4) is 0 Å². The van der Waals surface area contributed by atoms with Crippen LogP contribution in [0.1, 0.15) is 11.1 Å². The van der Waals surface area contributed by atoms with Gasteiger partial charge in [-0.3, -0.25) is 14.3 Å². The van der Waals surface area contributed by atoms with Gasteiger partial charge in [0.25, 0.3) is 5.56 Å². The van der Waals surface area contributed by atoms with Crippen LogP contribution in [0.5, 0.6) is 0 Å². The standard InChI is InChI=1S/C12H13N3O2/c1-15-11(16)9(10(13)14-12(15)17)7-8-5-3-2-4-6-8/h2-6H,7,13H2,1H3,(H,14,17). The first-order valence-electron chi connectivity index (χ1n) is 5.21. The number of nitrogen functional groups attached to an aromatic ring is 1. The van der Waals surface area contributed by atoms with E-state index in [-0.39, 0.29) is 11.4 Å². The minimum Gasteiger partial charge on any atom is -0.385 e. The number of aromatic nitrogens is 2. The Morgan fingerprint density at radius 1 is 1.24 bits per heavy atom. The highest BCUT2D eigenvalue weighted by atomic mass is 16.2. The van der Waals surface area contributed by atoms with Crippen LogP contribution in [0.2, 0.25) is 0 Å². The summed E-state index contributed by atoms with van der Waals surface area (Å²) in [6.07, 6.45) is 0.413. The van der Waals surface area contributed by atoms with Crippen LogP contribution < -0.4 is 17.0 Å². The Bertz CT molecular complexity index is 641. The Labute approximate surface area is 97.5 Å². The number of aromatic amines is 1. The minimum absolute atomic E-state index is 0.141. The van der Waals surface area contributed by atoms with Crippen LogP contribution in [-0.4, -0.2) is 9.55 Å². The maximum Gasteiger partial charge on any atom is 0.329 e. The first kappa shape index (κ1) is 11.2. The molecular weight excluding hydrogens is 218 g/mol. The lowest BCUT2D eigenvalue weighted by Gasteiger charge is -2.06. The van der Waals surface area contributed by atoms with Crippen molar-refractivity contribution < 1.29 is 0 Å². The van der Waals surface area contributed by atoms with Gasteiger partial charge in [-0.15, -0.1) is 0 Å². The van der Waals surface area contributed by atoms with Crippen LogP contribution >= 0.6 is 0 Å². The predicted octanol–water partition coefficient (Wildman–Crippen LogP) is 0.247. The largest absolute Gasteiger partial charge is 0.385 e. The fraction of sp³-hybridized carbons (Fsp3) is 0.167. The van der Waals surface area contributed by atoms with E-state index in [9.17, 15) is 9.59 Å². The maximum atomic E-state index is 11.9. The Morgan fingerprint density at radius 3 is 2.53 bits per heavy atom. The van der Waals surface area contributed by atoms with Crippen molar-refractivity contribution in [1.82, 2.24) is 9.55 Å². The zero-order chi connectivity index (χ0) is 12.4. The van der Waals surface area contributed by atoms with E-state index in [2.05, 4.69) is 4.98 Å². The number of nitrogens with zero attached hydrogens (tertiary/aromatic N) is 1. The Kier molecular flexibility index (Phi) is 2.82. The molecule has 1 aromatic heterocycles. The molecule has 88 valence electrons. The number of nitrogens with one attached hydrogen (secondary N) is 1. The molecule has 0 radical (unpaired) electrons. The van der Waals surface area contributed by atoms with E-state index in [1.54, 1.807) is 0 Å². The zero-order valence-electron chi connectivity index (χ0n) is 9.43. The SMILES string of the molecule is Cn1c(=O)[nH]c(N)c(Cc2ccccc2)c1=O. The Hall–Kier alpha value is -2.30. The normalized spacial score (nSPS) is 10.4. The van der Waals surface area contributed by atoms with Crippen molar-refractivity contribution in [2.45, 2.75) is 6.42 Å².